The Balaban J connectivity index is 1.39. The van der Waals surface area contributed by atoms with Crippen LogP contribution in [0.25, 0.3) is 0 Å². The number of nitrogens with zero attached hydrogens (tertiary/aromatic N) is 2. The summed E-state index contributed by atoms with van der Waals surface area (Å²) in [5.74, 6) is 0.0914. The van der Waals surface area contributed by atoms with Gasteiger partial charge in [0.15, 0.2) is 0 Å². The molecule has 1 aromatic rings. The second-order valence-electron chi connectivity index (χ2n) is 7.50. The Kier molecular flexibility index (Phi) is 6.69. The van der Waals surface area contributed by atoms with Gasteiger partial charge in [-0.3, -0.25) is 9.59 Å². The van der Waals surface area contributed by atoms with Gasteiger partial charge in [-0.25, -0.2) is 13.1 Å². The van der Waals surface area contributed by atoms with Crippen LogP contribution in [0.15, 0.2) is 24.3 Å². The second-order valence-corrected chi connectivity index (χ2v) is 9.28. The molecule has 28 heavy (non-hydrogen) atoms. The first-order chi connectivity index (χ1) is 13.3. The van der Waals surface area contributed by atoms with Crippen molar-refractivity contribution in [1.29, 1.82) is 0 Å². The summed E-state index contributed by atoms with van der Waals surface area (Å²) in [6.45, 7) is 2.96. The van der Waals surface area contributed by atoms with E-state index >= 15 is 0 Å². The third-order valence-corrected chi connectivity index (χ3v) is 5.92. The number of anilines is 2. The van der Waals surface area contributed by atoms with Crippen LogP contribution in [0.2, 0.25) is 0 Å². The van der Waals surface area contributed by atoms with Gasteiger partial charge in [-0.2, -0.15) is 0 Å². The number of hydrogen-bond acceptors (Lipinski definition) is 5. The summed E-state index contributed by atoms with van der Waals surface area (Å²) < 4.78 is 25.2. The summed E-state index contributed by atoms with van der Waals surface area (Å²) in [6.07, 6.45) is 4.56. The maximum Gasteiger partial charge on any atom is 0.227 e. The predicted molar refractivity (Wildman–Crippen MR) is 109 cm³/mol. The Bertz CT molecular complexity index is 802. The fourth-order valence-corrected chi connectivity index (χ4v) is 4.55. The molecule has 8 nitrogen and oxygen atoms in total. The van der Waals surface area contributed by atoms with Crippen molar-refractivity contribution < 1.29 is 18.0 Å². The molecule has 2 amide bonds. The molecule has 0 radical (unpaired) electrons. The van der Waals surface area contributed by atoms with Crippen molar-refractivity contribution >= 4 is 33.2 Å². The second kappa shape index (κ2) is 9.02. The minimum atomic E-state index is -3.17. The van der Waals surface area contributed by atoms with Crippen LogP contribution < -0.4 is 14.9 Å². The lowest BCUT2D eigenvalue weighted by Crippen LogP contribution is -2.44. The van der Waals surface area contributed by atoms with Crippen LogP contribution in [-0.4, -0.2) is 63.6 Å². The molecule has 0 spiro atoms. The van der Waals surface area contributed by atoms with Crippen molar-refractivity contribution in [3.63, 3.8) is 0 Å². The Morgan fingerprint density at radius 2 is 1.82 bits per heavy atom. The Morgan fingerprint density at radius 1 is 1.14 bits per heavy atom. The van der Waals surface area contributed by atoms with E-state index in [1.807, 2.05) is 24.3 Å². The highest BCUT2D eigenvalue weighted by atomic mass is 32.2. The molecule has 1 aromatic carbocycles. The van der Waals surface area contributed by atoms with Crippen molar-refractivity contribution in [2.24, 2.45) is 0 Å². The summed E-state index contributed by atoms with van der Waals surface area (Å²) >= 11 is 0. The lowest BCUT2D eigenvalue weighted by atomic mass is 10.1. The van der Waals surface area contributed by atoms with Crippen LogP contribution in [0.4, 0.5) is 11.4 Å². The minimum Gasteiger partial charge on any atom is -0.326 e. The molecule has 154 valence electrons. The van der Waals surface area contributed by atoms with E-state index in [-0.39, 0.29) is 17.9 Å². The third kappa shape index (κ3) is 6.02. The van der Waals surface area contributed by atoms with Crippen molar-refractivity contribution in [2.45, 2.75) is 38.1 Å². The third-order valence-electron chi connectivity index (χ3n) is 5.16. The highest BCUT2D eigenvalue weighted by molar-refractivity contribution is 7.88. The maximum absolute atomic E-state index is 12.2. The molecule has 2 aliphatic heterocycles. The lowest BCUT2D eigenvalue weighted by Gasteiger charge is -2.31. The first-order valence-corrected chi connectivity index (χ1v) is 11.6. The van der Waals surface area contributed by atoms with E-state index in [9.17, 15) is 18.0 Å². The summed E-state index contributed by atoms with van der Waals surface area (Å²) in [4.78, 5) is 27.9. The topological polar surface area (TPSA) is 98.8 Å². The van der Waals surface area contributed by atoms with Gasteiger partial charge in [0, 0.05) is 43.3 Å². The standard InChI is InChI=1S/C19H28N4O4S/c1-28(26,27)21-16-8-12-22(13-9-16)14-10-18(24)20-15-4-6-17(7-5-15)23-11-2-3-19(23)25/h4-7,16,21H,2-3,8-14H2,1H3,(H,20,24). The van der Waals surface area contributed by atoms with E-state index in [1.54, 1.807) is 4.90 Å². The molecule has 2 fully saturated rings. The van der Waals surface area contributed by atoms with Gasteiger partial charge in [-0.05, 0) is 56.6 Å². The number of piperidine rings is 1. The molecule has 0 unspecified atom stereocenters. The average Bonchev–Trinajstić information content (AvgIpc) is 3.06. The molecular weight excluding hydrogens is 380 g/mol. The Morgan fingerprint density at radius 3 is 2.39 bits per heavy atom. The number of carbonyl (C=O) groups is 2. The fourth-order valence-electron chi connectivity index (χ4n) is 3.71. The molecule has 0 aliphatic carbocycles. The van der Waals surface area contributed by atoms with Crippen LogP contribution in [0.3, 0.4) is 0 Å². The number of sulfonamides is 1. The lowest BCUT2D eigenvalue weighted by molar-refractivity contribution is -0.117. The molecule has 0 aromatic heterocycles. The first-order valence-electron chi connectivity index (χ1n) is 9.70. The van der Waals surface area contributed by atoms with Crippen LogP contribution in [0, 0.1) is 0 Å². The number of rotatable bonds is 7. The molecular formula is C19H28N4O4S. The van der Waals surface area contributed by atoms with Crippen LogP contribution in [-0.2, 0) is 19.6 Å². The van der Waals surface area contributed by atoms with E-state index in [0.717, 1.165) is 50.3 Å². The molecule has 2 N–H and O–H groups in total. The zero-order chi connectivity index (χ0) is 20.1. The molecule has 2 saturated heterocycles. The van der Waals surface area contributed by atoms with Crippen molar-refractivity contribution in [1.82, 2.24) is 9.62 Å². The number of nitrogens with one attached hydrogen (secondary N) is 2. The quantitative estimate of drug-likeness (QED) is 0.705. The van der Waals surface area contributed by atoms with E-state index < -0.39 is 10.0 Å². The van der Waals surface area contributed by atoms with Gasteiger partial charge < -0.3 is 15.1 Å². The summed E-state index contributed by atoms with van der Waals surface area (Å²) in [6, 6.07) is 7.35. The Labute approximate surface area is 166 Å². The van der Waals surface area contributed by atoms with Gasteiger partial charge in [0.1, 0.15) is 0 Å². The molecule has 9 heteroatoms. The molecule has 3 rings (SSSR count). The smallest absolute Gasteiger partial charge is 0.227 e. The molecule has 0 saturated carbocycles. The molecule has 2 aliphatic rings. The molecule has 0 bridgehead atoms. The summed E-state index contributed by atoms with van der Waals surface area (Å²) in [5.41, 5.74) is 1.59. The van der Waals surface area contributed by atoms with Crippen molar-refractivity contribution in [3.8, 4) is 0 Å². The van der Waals surface area contributed by atoms with E-state index in [2.05, 4.69) is 14.9 Å². The maximum atomic E-state index is 12.2. The van der Waals surface area contributed by atoms with E-state index in [1.165, 1.54) is 6.26 Å². The normalized spacial score (nSPS) is 19.2. The fraction of sp³-hybridized carbons (Fsp3) is 0.579. The number of amides is 2. The van der Waals surface area contributed by atoms with Gasteiger partial charge in [0.25, 0.3) is 0 Å². The summed E-state index contributed by atoms with van der Waals surface area (Å²) in [5, 5.41) is 2.89. The summed E-state index contributed by atoms with van der Waals surface area (Å²) in [7, 11) is -3.17. The monoisotopic (exact) mass is 408 g/mol. The largest absolute Gasteiger partial charge is 0.326 e. The first kappa shape index (κ1) is 20.8. The highest BCUT2D eigenvalue weighted by Crippen LogP contribution is 2.23. The van der Waals surface area contributed by atoms with Gasteiger partial charge >= 0.3 is 0 Å². The van der Waals surface area contributed by atoms with Gasteiger partial charge in [0.2, 0.25) is 21.8 Å². The molecule has 2 heterocycles. The number of likely N-dealkylation sites (tertiary alicyclic amines) is 1. The van der Waals surface area contributed by atoms with Crippen molar-refractivity contribution in [2.75, 3.05) is 42.7 Å². The van der Waals surface area contributed by atoms with Crippen molar-refractivity contribution in [3.05, 3.63) is 24.3 Å². The minimum absolute atomic E-state index is 0.0129. The molecule has 0 atom stereocenters. The van der Waals surface area contributed by atoms with Gasteiger partial charge in [-0.15, -0.1) is 0 Å². The predicted octanol–water partition coefficient (Wildman–Crippen LogP) is 1.16. The number of carbonyl (C=O) groups excluding carboxylic acids is 2. The Hall–Kier alpha value is -1.97. The van der Waals surface area contributed by atoms with Gasteiger partial charge in [0.05, 0.1) is 6.26 Å². The number of benzene rings is 1. The van der Waals surface area contributed by atoms with Crippen LogP contribution in [0.1, 0.15) is 32.1 Å². The number of hydrogen-bond donors (Lipinski definition) is 2. The van der Waals surface area contributed by atoms with E-state index in [4.69, 9.17) is 0 Å². The SMILES string of the molecule is CS(=O)(=O)NC1CCN(CCC(=O)Nc2ccc(N3CCCC3=O)cc2)CC1. The zero-order valence-electron chi connectivity index (χ0n) is 16.2. The van der Waals surface area contributed by atoms with Gasteiger partial charge in [-0.1, -0.05) is 0 Å². The van der Waals surface area contributed by atoms with E-state index in [0.29, 0.717) is 19.4 Å². The van der Waals surface area contributed by atoms with Crippen LogP contribution >= 0.6 is 0 Å². The average molecular weight is 409 g/mol. The van der Waals surface area contributed by atoms with Crippen LogP contribution in [0.5, 0.6) is 0 Å². The zero-order valence-corrected chi connectivity index (χ0v) is 17.0. The highest BCUT2D eigenvalue weighted by Gasteiger charge is 2.22.